The van der Waals surface area contributed by atoms with E-state index in [9.17, 15) is 9.18 Å². The van der Waals surface area contributed by atoms with Gasteiger partial charge in [0.25, 0.3) is 5.91 Å². The standard InChI is InChI=1S/C24H25FN4O3/c25-20-6-2-1-5-18(20)13-17-9-11-28(12-10-17)24(30)21-15-29(27-26-21)14-19-16-31-22-7-3-4-8-23(22)32-19/h1-8,15,17,19H,9-14,16H2/t19-/m1/s1. The molecule has 5 rings (SSSR count). The van der Waals surface area contributed by atoms with Gasteiger partial charge in [-0.1, -0.05) is 35.5 Å². The molecule has 3 heterocycles. The summed E-state index contributed by atoms with van der Waals surface area (Å²) in [7, 11) is 0. The van der Waals surface area contributed by atoms with Gasteiger partial charge in [-0.2, -0.15) is 0 Å². The minimum absolute atomic E-state index is 0.119. The third-order valence-electron chi connectivity index (χ3n) is 6.08. The number of benzene rings is 2. The van der Waals surface area contributed by atoms with Crippen molar-refractivity contribution in [3.63, 3.8) is 0 Å². The number of carbonyl (C=O) groups is 1. The van der Waals surface area contributed by atoms with Crippen LogP contribution in [0.15, 0.2) is 54.7 Å². The summed E-state index contributed by atoms with van der Waals surface area (Å²) in [5, 5.41) is 8.18. The Kier molecular flexibility index (Phi) is 5.75. The van der Waals surface area contributed by atoms with Gasteiger partial charge < -0.3 is 14.4 Å². The van der Waals surface area contributed by atoms with Gasteiger partial charge in [-0.3, -0.25) is 4.79 Å². The average molecular weight is 436 g/mol. The molecule has 2 aromatic carbocycles. The first-order chi connectivity index (χ1) is 15.7. The minimum atomic E-state index is -0.205. The van der Waals surface area contributed by atoms with Gasteiger partial charge in [-0.15, -0.1) is 5.10 Å². The lowest BCUT2D eigenvalue weighted by atomic mass is 9.90. The molecule has 8 heteroatoms. The molecule has 1 saturated heterocycles. The molecule has 1 aromatic heterocycles. The second-order valence-electron chi connectivity index (χ2n) is 8.35. The molecular weight excluding hydrogens is 411 g/mol. The van der Waals surface area contributed by atoms with Crippen molar-refractivity contribution in [2.75, 3.05) is 19.7 Å². The van der Waals surface area contributed by atoms with E-state index in [0.717, 1.165) is 24.2 Å². The van der Waals surface area contributed by atoms with E-state index < -0.39 is 0 Å². The number of fused-ring (bicyclic) bond motifs is 1. The molecule has 0 radical (unpaired) electrons. The van der Waals surface area contributed by atoms with Crippen molar-refractivity contribution in [2.24, 2.45) is 5.92 Å². The number of likely N-dealkylation sites (tertiary alicyclic amines) is 1. The summed E-state index contributed by atoms with van der Waals surface area (Å²) in [6, 6.07) is 14.5. The van der Waals surface area contributed by atoms with Crippen molar-refractivity contribution < 1.29 is 18.7 Å². The van der Waals surface area contributed by atoms with Gasteiger partial charge in [0.1, 0.15) is 12.4 Å². The number of hydrogen-bond donors (Lipinski definition) is 0. The molecule has 0 unspecified atom stereocenters. The molecule has 2 aliphatic rings. The van der Waals surface area contributed by atoms with Crippen molar-refractivity contribution in [3.05, 3.63) is 71.8 Å². The SMILES string of the molecule is O=C(c1cn(C[C@@H]2COc3ccccc3O2)nn1)N1CCC(Cc2ccccc2F)CC1. The zero-order valence-electron chi connectivity index (χ0n) is 17.7. The van der Waals surface area contributed by atoms with Crippen LogP contribution in [0, 0.1) is 11.7 Å². The fraction of sp³-hybridized carbons (Fsp3) is 0.375. The van der Waals surface area contributed by atoms with Crippen LogP contribution in [0.25, 0.3) is 0 Å². The monoisotopic (exact) mass is 436 g/mol. The van der Waals surface area contributed by atoms with Gasteiger partial charge in [0.05, 0.1) is 12.7 Å². The Morgan fingerprint density at radius 1 is 1.06 bits per heavy atom. The molecule has 0 N–H and O–H groups in total. The second-order valence-corrected chi connectivity index (χ2v) is 8.35. The van der Waals surface area contributed by atoms with Crippen LogP contribution in [0.4, 0.5) is 4.39 Å². The first-order valence-corrected chi connectivity index (χ1v) is 11.0. The van der Waals surface area contributed by atoms with Crippen LogP contribution in [-0.2, 0) is 13.0 Å². The second kappa shape index (κ2) is 8.98. The minimum Gasteiger partial charge on any atom is -0.486 e. The Bertz CT molecular complexity index is 1090. The number of halogens is 1. The van der Waals surface area contributed by atoms with E-state index in [-0.39, 0.29) is 17.8 Å². The van der Waals surface area contributed by atoms with E-state index in [2.05, 4.69) is 10.3 Å². The number of carbonyl (C=O) groups excluding carboxylic acids is 1. The Morgan fingerprint density at radius 3 is 2.62 bits per heavy atom. The number of aromatic nitrogens is 3. The van der Waals surface area contributed by atoms with Crippen molar-refractivity contribution in [3.8, 4) is 11.5 Å². The number of ether oxygens (including phenoxy) is 2. The molecule has 32 heavy (non-hydrogen) atoms. The summed E-state index contributed by atoms with van der Waals surface area (Å²) in [6.07, 6.45) is 3.86. The van der Waals surface area contributed by atoms with Crippen molar-refractivity contribution in [2.45, 2.75) is 31.9 Å². The first-order valence-electron chi connectivity index (χ1n) is 11.0. The fourth-order valence-electron chi connectivity index (χ4n) is 4.32. The molecule has 1 amide bonds. The van der Waals surface area contributed by atoms with Gasteiger partial charge in [-0.05, 0) is 48.9 Å². The lowest BCUT2D eigenvalue weighted by Gasteiger charge is -2.31. The summed E-state index contributed by atoms with van der Waals surface area (Å²) >= 11 is 0. The number of para-hydroxylation sites is 2. The molecular formula is C24H25FN4O3. The maximum absolute atomic E-state index is 13.9. The fourth-order valence-corrected chi connectivity index (χ4v) is 4.32. The summed E-state index contributed by atoms with van der Waals surface area (Å²) in [5.74, 6) is 1.54. The molecule has 3 aromatic rings. The first kappa shape index (κ1) is 20.5. The van der Waals surface area contributed by atoms with Crippen LogP contribution in [0.5, 0.6) is 11.5 Å². The summed E-state index contributed by atoms with van der Waals surface area (Å²) in [6.45, 7) is 2.14. The lowest BCUT2D eigenvalue weighted by molar-refractivity contribution is 0.0683. The average Bonchev–Trinajstić information content (AvgIpc) is 3.29. The highest BCUT2D eigenvalue weighted by molar-refractivity contribution is 5.92. The van der Waals surface area contributed by atoms with E-state index in [1.807, 2.05) is 41.3 Å². The van der Waals surface area contributed by atoms with Gasteiger partial charge in [0.15, 0.2) is 23.3 Å². The van der Waals surface area contributed by atoms with E-state index >= 15 is 0 Å². The van der Waals surface area contributed by atoms with E-state index in [1.165, 1.54) is 6.07 Å². The number of piperidine rings is 1. The third-order valence-corrected chi connectivity index (χ3v) is 6.08. The molecule has 0 spiro atoms. The molecule has 0 bridgehead atoms. The molecule has 0 aliphatic carbocycles. The van der Waals surface area contributed by atoms with Crippen molar-refractivity contribution in [1.29, 1.82) is 0 Å². The Balaban J connectivity index is 1.14. The Labute approximate surface area is 185 Å². The number of nitrogens with zero attached hydrogens (tertiary/aromatic N) is 4. The Hall–Kier alpha value is -3.42. The maximum atomic E-state index is 13.9. The maximum Gasteiger partial charge on any atom is 0.276 e. The molecule has 166 valence electrons. The van der Waals surface area contributed by atoms with Gasteiger partial charge in [0, 0.05) is 13.1 Å². The predicted molar refractivity (Wildman–Crippen MR) is 115 cm³/mol. The normalized spacial score (nSPS) is 18.5. The number of hydrogen-bond acceptors (Lipinski definition) is 5. The van der Waals surface area contributed by atoms with Crippen LogP contribution >= 0.6 is 0 Å². The lowest BCUT2D eigenvalue weighted by Crippen LogP contribution is -2.39. The quantitative estimate of drug-likeness (QED) is 0.614. The Morgan fingerprint density at radius 2 is 1.81 bits per heavy atom. The van der Waals surface area contributed by atoms with E-state index in [1.54, 1.807) is 16.9 Å². The number of amides is 1. The highest BCUT2D eigenvalue weighted by Gasteiger charge is 2.27. The van der Waals surface area contributed by atoms with E-state index in [4.69, 9.17) is 9.47 Å². The topological polar surface area (TPSA) is 69.5 Å². The molecule has 0 saturated carbocycles. The zero-order valence-corrected chi connectivity index (χ0v) is 17.7. The zero-order chi connectivity index (χ0) is 21.9. The van der Waals surface area contributed by atoms with E-state index in [0.29, 0.717) is 50.0 Å². The van der Waals surface area contributed by atoms with Crippen LogP contribution in [0.1, 0.15) is 28.9 Å². The molecule has 7 nitrogen and oxygen atoms in total. The van der Waals surface area contributed by atoms with Gasteiger partial charge in [0.2, 0.25) is 0 Å². The summed E-state index contributed by atoms with van der Waals surface area (Å²) < 4.78 is 27.2. The largest absolute Gasteiger partial charge is 0.486 e. The van der Waals surface area contributed by atoms with Crippen LogP contribution < -0.4 is 9.47 Å². The summed E-state index contributed by atoms with van der Waals surface area (Å²) in [5.41, 5.74) is 1.08. The number of rotatable bonds is 5. The van der Waals surface area contributed by atoms with Crippen LogP contribution in [-0.4, -0.2) is 51.6 Å². The summed E-state index contributed by atoms with van der Waals surface area (Å²) in [4.78, 5) is 14.7. The van der Waals surface area contributed by atoms with Gasteiger partial charge in [-0.25, -0.2) is 9.07 Å². The predicted octanol–water partition coefficient (Wildman–Crippen LogP) is 3.35. The molecule has 1 fully saturated rings. The molecule has 2 aliphatic heterocycles. The van der Waals surface area contributed by atoms with Crippen LogP contribution in [0.2, 0.25) is 0 Å². The highest BCUT2D eigenvalue weighted by Crippen LogP contribution is 2.31. The third kappa shape index (κ3) is 4.44. The van der Waals surface area contributed by atoms with Crippen LogP contribution in [0.3, 0.4) is 0 Å². The molecule has 1 atom stereocenters. The van der Waals surface area contributed by atoms with Gasteiger partial charge >= 0.3 is 0 Å². The smallest absolute Gasteiger partial charge is 0.276 e. The van der Waals surface area contributed by atoms with Crippen molar-refractivity contribution in [1.82, 2.24) is 19.9 Å². The highest BCUT2D eigenvalue weighted by atomic mass is 19.1. The van der Waals surface area contributed by atoms with Crippen molar-refractivity contribution >= 4 is 5.91 Å².